The second-order valence-electron chi connectivity index (χ2n) is 6.49. The van der Waals surface area contributed by atoms with Gasteiger partial charge in [-0.3, -0.25) is 4.79 Å². The van der Waals surface area contributed by atoms with Crippen LogP contribution in [0.25, 0.3) is 0 Å². The number of nitrogens with zero attached hydrogens (tertiary/aromatic N) is 3. The van der Waals surface area contributed by atoms with Gasteiger partial charge in [-0.15, -0.1) is 0 Å². The van der Waals surface area contributed by atoms with Gasteiger partial charge < -0.3 is 15.1 Å². The summed E-state index contributed by atoms with van der Waals surface area (Å²) in [6, 6.07) is 18.3. The number of amidine groups is 1. The van der Waals surface area contributed by atoms with Gasteiger partial charge in [-0.2, -0.15) is 0 Å². The molecule has 0 aromatic heterocycles. The average molecular weight is 330 g/mol. The molecule has 3 aliphatic rings. The molecule has 0 saturated carbocycles. The number of nitrogens with one attached hydrogen (secondary N) is 1. The van der Waals surface area contributed by atoms with Gasteiger partial charge in [0.15, 0.2) is 5.78 Å². The van der Waals surface area contributed by atoms with E-state index in [1.165, 1.54) is 0 Å². The Bertz CT molecular complexity index is 932. The molecule has 2 aromatic rings. The molecule has 0 spiro atoms. The highest BCUT2D eigenvalue weighted by Gasteiger charge is 2.43. The smallest absolute Gasteiger partial charge is 0.168 e. The number of benzene rings is 2. The second-order valence-corrected chi connectivity index (χ2v) is 6.49. The summed E-state index contributed by atoms with van der Waals surface area (Å²) in [5, 5.41) is 3.51. The van der Waals surface area contributed by atoms with E-state index < -0.39 is 0 Å². The number of Topliss-reactive ketones (excluding diaryl/α,β-unsaturated/α-hetero) is 1. The van der Waals surface area contributed by atoms with E-state index in [9.17, 15) is 4.79 Å². The van der Waals surface area contributed by atoms with Crippen LogP contribution < -0.4 is 15.1 Å². The highest BCUT2D eigenvalue weighted by molar-refractivity contribution is 6.11. The molecule has 0 unspecified atom stereocenters. The first kappa shape index (κ1) is 14.3. The lowest BCUT2D eigenvalue weighted by Crippen LogP contribution is -2.50. The van der Waals surface area contributed by atoms with Crippen molar-refractivity contribution in [1.82, 2.24) is 0 Å². The molecule has 25 heavy (non-hydrogen) atoms. The van der Waals surface area contributed by atoms with Gasteiger partial charge in [-0.1, -0.05) is 30.3 Å². The number of carbonyl (C=O) groups excluding carboxylic acids is 1. The van der Waals surface area contributed by atoms with Gasteiger partial charge in [0.25, 0.3) is 0 Å². The standard InChI is InChI=1S/C20H18N4O/c1-13-21-19-18(20-22-15-9-5-6-10-16(15)24(13)20)17(25)11-12-23(19)14-7-3-2-4-8-14/h2-10,20,22H,11-12H2,1H3/t20-/m0/s1. The summed E-state index contributed by atoms with van der Waals surface area (Å²) in [6.07, 6.45) is 0.328. The van der Waals surface area contributed by atoms with E-state index in [1.54, 1.807) is 0 Å². The van der Waals surface area contributed by atoms with Gasteiger partial charge in [0.05, 0.1) is 16.9 Å². The van der Waals surface area contributed by atoms with Crippen molar-refractivity contribution in [3.05, 3.63) is 66.0 Å². The van der Waals surface area contributed by atoms with Crippen molar-refractivity contribution in [1.29, 1.82) is 0 Å². The summed E-state index contributed by atoms with van der Waals surface area (Å²) in [5.74, 6) is 1.85. The number of fused-ring (bicyclic) bond motifs is 4. The molecule has 1 N–H and O–H groups in total. The van der Waals surface area contributed by atoms with E-state index in [0.717, 1.165) is 34.3 Å². The van der Waals surface area contributed by atoms with E-state index in [0.29, 0.717) is 13.0 Å². The first-order valence-electron chi connectivity index (χ1n) is 8.54. The van der Waals surface area contributed by atoms with Gasteiger partial charge in [0.2, 0.25) is 0 Å². The topological polar surface area (TPSA) is 47.9 Å². The number of aliphatic imine (C=N–C) groups is 1. The molecule has 0 bridgehead atoms. The Hall–Kier alpha value is -3.08. The van der Waals surface area contributed by atoms with Gasteiger partial charge in [-0.05, 0) is 31.2 Å². The van der Waals surface area contributed by atoms with Gasteiger partial charge in [0, 0.05) is 18.7 Å². The van der Waals surface area contributed by atoms with Crippen LogP contribution in [-0.2, 0) is 4.79 Å². The van der Waals surface area contributed by atoms with Crippen LogP contribution in [0.4, 0.5) is 17.1 Å². The quantitative estimate of drug-likeness (QED) is 0.871. The lowest BCUT2D eigenvalue weighted by Gasteiger charge is -2.39. The highest BCUT2D eigenvalue weighted by Crippen LogP contribution is 2.42. The fourth-order valence-corrected chi connectivity index (χ4v) is 3.90. The van der Waals surface area contributed by atoms with Crippen LogP contribution in [0.15, 0.2) is 71.0 Å². The maximum Gasteiger partial charge on any atom is 0.168 e. The minimum Gasteiger partial charge on any atom is -0.359 e. The fourth-order valence-electron chi connectivity index (χ4n) is 3.90. The second kappa shape index (κ2) is 5.21. The summed E-state index contributed by atoms with van der Waals surface area (Å²) in [5.41, 5.74) is 3.95. The third-order valence-electron chi connectivity index (χ3n) is 5.03. The Morgan fingerprint density at radius 3 is 2.68 bits per heavy atom. The number of hydrogen-bond donors (Lipinski definition) is 1. The first-order valence-corrected chi connectivity index (χ1v) is 8.54. The number of rotatable bonds is 1. The van der Waals surface area contributed by atoms with E-state index in [2.05, 4.69) is 33.3 Å². The van der Waals surface area contributed by atoms with Crippen LogP contribution in [-0.4, -0.2) is 24.3 Å². The highest BCUT2D eigenvalue weighted by atomic mass is 16.1. The predicted molar refractivity (Wildman–Crippen MR) is 99.9 cm³/mol. The molecule has 2 aromatic carbocycles. The first-order chi connectivity index (χ1) is 12.2. The number of carbonyl (C=O) groups is 1. The van der Waals surface area contributed by atoms with Gasteiger partial charge >= 0.3 is 0 Å². The molecule has 0 radical (unpaired) electrons. The van der Waals surface area contributed by atoms with Crippen molar-refractivity contribution >= 4 is 28.7 Å². The molecule has 5 nitrogen and oxygen atoms in total. The fraction of sp³-hybridized carbons (Fsp3) is 0.200. The molecule has 0 fully saturated rings. The Balaban J connectivity index is 1.66. The zero-order valence-corrected chi connectivity index (χ0v) is 13.9. The van der Waals surface area contributed by atoms with E-state index in [-0.39, 0.29) is 11.9 Å². The van der Waals surface area contributed by atoms with E-state index >= 15 is 0 Å². The van der Waals surface area contributed by atoms with Crippen molar-refractivity contribution in [2.45, 2.75) is 19.5 Å². The van der Waals surface area contributed by atoms with Crippen molar-refractivity contribution in [2.75, 3.05) is 21.7 Å². The Kier molecular flexibility index (Phi) is 2.98. The number of anilines is 3. The molecule has 1 atom stereocenters. The Labute approximate surface area is 146 Å². The molecule has 124 valence electrons. The molecule has 5 rings (SSSR count). The summed E-state index contributed by atoms with van der Waals surface area (Å²) >= 11 is 0. The molecular weight excluding hydrogens is 312 g/mol. The average Bonchev–Trinajstić information content (AvgIpc) is 3.02. The van der Waals surface area contributed by atoms with Crippen LogP contribution in [0, 0.1) is 0 Å². The number of ketones is 1. The van der Waals surface area contributed by atoms with Crippen molar-refractivity contribution in [3.63, 3.8) is 0 Å². The monoisotopic (exact) mass is 330 g/mol. The van der Waals surface area contributed by atoms with Crippen molar-refractivity contribution in [2.24, 2.45) is 4.99 Å². The molecule has 0 saturated heterocycles. The summed E-state index contributed by atoms with van der Waals surface area (Å²) in [6.45, 7) is 2.67. The van der Waals surface area contributed by atoms with Crippen LogP contribution in [0.2, 0.25) is 0 Å². The van der Waals surface area contributed by atoms with Crippen LogP contribution in [0.3, 0.4) is 0 Å². The van der Waals surface area contributed by atoms with E-state index in [1.807, 2.05) is 43.3 Å². The number of hydrogen-bond acceptors (Lipinski definition) is 5. The zero-order valence-electron chi connectivity index (χ0n) is 13.9. The van der Waals surface area contributed by atoms with Crippen LogP contribution in [0.5, 0.6) is 0 Å². The third-order valence-corrected chi connectivity index (χ3v) is 5.03. The van der Waals surface area contributed by atoms with Crippen molar-refractivity contribution < 1.29 is 4.79 Å². The molecule has 0 aliphatic carbocycles. The SMILES string of the molecule is CC1=NC2=C(C(=O)CCN2c2ccccc2)[C@H]2Nc3ccccc3N12. The number of para-hydroxylation sites is 3. The maximum atomic E-state index is 12.8. The minimum absolute atomic E-state index is 0.175. The molecular formula is C20H18N4O. The summed E-state index contributed by atoms with van der Waals surface area (Å²) in [7, 11) is 0. The summed E-state index contributed by atoms with van der Waals surface area (Å²) in [4.78, 5) is 21.9. The van der Waals surface area contributed by atoms with Gasteiger partial charge in [0.1, 0.15) is 17.8 Å². The largest absolute Gasteiger partial charge is 0.359 e. The maximum absolute atomic E-state index is 12.8. The molecule has 3 heterocycles. The van der Waals surface area contributed by atoms with Gasteiger partial charge in [-0.25, -0.2) is 4.99 Å². The lowest BCUT2D eigenvalue weighted by molar-refractivity contribution is -0.116. The normalized spacial score (nSPS) is 21.4. The van der Waals surface area contributed by atoms with Crippen LogP contribution >= 0.6 is 0 Å². The Morgan fingerprint density at radius 2 is 1.84 bits per heavy atom. The Morgan fingerprint density at radius 1 is 1.08 bits per heavy atom. The van der Waals surface area contributed by atoms with Crippen LogP contribution in [0.1, 0.15) is 13.3 Å². The summed E-state index contributed by atoms with van der Waals surface area (Å²) < 4.78 is 0. The zero-order chi connectivity index (χ0) is 17.0. The molecule has 5 heteroatoms. The predicted octanol–water partition coefficient (Wildman–Crippen LogP) is 3.37. The lowest BCUT2D eigenvalue weighted by atomic mass is 9.98. The molecule has 0 amide bonds. The van der Waals surface area contributed by atoms with Crippen molar-refractivity contribution in [3.8, 4) is 0 Å². The minimum atomic E-state index is -0.177. The van der Waals surface area contributed by atoms with E-state index in [4.69, 9.17) is 4.99 Å². The molecule has 3 aliphatic heterocycles. The third kappa shape index (κ3) is 2.02.